The van der Waals surface area contributed by atoms with E-state index in [2.05, 4.69) is 51.7 Å². The van der Waals surface area contributed by atoms with Crippen LogP contribution in [-0.2, 0) is 0 Å². The maximum atomic E-state index is 4.62. The van der Waals surface area contributed by atoms with Crippen LogP contribution < -0.4 is 16.0 Å². The average molecular weight is 262 g/mol. The van der Waals surface area contributed by atoms with E-state index in [1.165, 1.54) is 0 Å². The molecule has 3 aliphatic heterocycles. The lowest BCUT2D eigenvalue weighted by atomic mass is 10.0. The Kier molecular flexibility index (Phi) is 3.16. The molecule has 0 amide bonds. The van der Waals surface area contributed by atoms with Gasteiger partial charge in [0.15, 0.2) is 0 Å². The van der Waals surface area contributed by atoms with E-state index in [0.717, 1.165) is 37.1 Å². The van der Waals surface area contributed by atoms with Gasteiger partial charge in [-0.1, -0.05) is 0 Å². The summed E-state index contributed by atoms with van der Waals surface area (Å²) in [6.07, 6.45) is 0. The van der Waals surface area contributed by atoms with Crippen LogP contribution in [0.15, 0.2) is 15.0 Å². The first-order valence-electron chi connectivity index (χ1n) is 7.06. The Hall–Kier alpha value is -1.59. The van der Waals surface area contributed by atoms with Gasteiger partial charge in [-0.05, 0) is 20.8 Å². The predicted octanol–water partition coefficient (Wildman–Crippen LogP) is -0.227. The molecule has 3 rings (SSSR count). The third kappa shape index (κ3) is 2.43. The van der Waals surface area contributed by atoms with E-state index in [-0.39, 0.29) is 5.92 Å². The molecule has 0 saturated heterocycles. The van der Waals surface area contributed by atoms with Gasteiger partial charge in [0.05, 0.1) is 19.6 Å². The van der Waals surface area contributed by atoms with Crippen LogP contribution in [0.5, 0.6) is 0 Å². The highest BCUT2D eigenvalue weighted by molar-refractivity contribution is 6.23. The van der Waals surface area contributed by atoms with E-state index in [0.29, 0.717) is 18.1 Å². The van der Waals surface area contributed by atoms with Crippen LogP contribution in [0, 0.1) is 5.92 Å². The van der Waals surface area contributed by atoms with Crippen molar-refractivity contribution in [3.63, 3.8) is 0 Å². The zero-order valence-corrected chi connectivity index (χ0v) is 11.8. The van der Waals surface area contributed by atoms with Crippen LogP contribution in [-0.4, -0.2) is 55.3 Å². The van der Waals surface area contributed by atoms with Gasteiger partial charge in [0.25, 0.3) is 0 Å². The first kappa shape index (κ1) is 12.4. The molecule has 3 aliphatic rings. The Morgan fingerprint density at radius 1 is 0.737 bits per heavy atom. The van der Waals surface area contributed by atoms with Crippen molar-refractivity contribution >= 4 is 17.5 Å². The quantitative estimate of drug-likeness (QED) is 0.658. The zero-order chi connectivity index (χ0) is 13.4. The fourth-order valence-electron chi connectivity index (χ4n) is 2.65. The highest BCUT2D eigenvalue weighted by Gasteiger charge is 2.35. The van der Waals surface area contributed by atoms with Gasteiger partial charge in [-0.2, -0.15) is 0 Å². The van der Waals surface area contributed by atoms with Crippen LogP contribution in [0.1, 0.15) is 20.8 Å². The van der Waals surface area contributed by atoms with Crippen molar-refractivity contribution in [3.8, 4) is 0 Å². The zero-order valence-electron chi connectivity index (χ0n) is 11.8. The number of amidine groups is 3. The summed E-state index contributed by atoms with van der Waals surface area (Å²) >= 11 is 0. The molecule has 0 radical (unpaired) electrons. The molecule has 0 aromatic carbocycles. The van der Waals surface area contributed by atoms with Gasteiger partial charge < -0.3 is 16.0 Å². The fourth-order valence-corrected chi connectivity index (χ4v) is 2.65. The van der Waals surface area contributed by atoms with Gasteiger partial charge in [0.1, 0.15) is 23.4 Å². The second-order valence-corrected chi connectivity index (χ2v) is 5.75. The minimum absolute atomic E-state index is 0.0276. The van der Waals surface area contributed by atoms with Crippen LogP contribution in [0.25, 0.3) is 0 Å². The summed E-state index contributed by atoms with van der Waals surface area (Å²) in [5.74, 6) is 3.01. The molecule has 0 aliphatic carbocycles. The first-order valence-corrected chi connectivity index (χ1v) is 7.06. The minimum atomic E-state index is 0.0276. The van der Waals surface area contributed by atoms with Crippen molar-refractivity contribution < 1.29 is 0 Å². The lowest BCUT2D eigenvalue weighted by Crippen LogP contribution is -2.49. The highest BCUT2D eigenvalue weighted by Crippen LogP contribution is 2.15. The first-order chi connectivity index (χ1) is 9.13. The van der Waals surface area contributed by atoms with E-state index in [4.69, 9.17) is 0 Å². The molecule has 0 fully saturated rings. The number of hydrogen-bond acceptors (Lipinski definition) is 6. The van der Waals surface area contributed by atoms with Gasteiger partial charge in [-0.3, -0.25) is 15.0 Å². The summed E-state index contributed by atoms with van der Waals surface area (Å²) in [6.45, 7) is 8.93. The normalized spacial score (nSPS) is 33.5. The fraction of sp³-hybridized carbons (Fsp3) is 0.769. The van der Waals surface area contributed by atoms with Crippen molar-refractivity contribution in [3.05, 3.63) is 0 Å². The van der Waals surface area contributed by atoms with Crippen LogP contribution in [0.2, 0.25) is 0 Å². The largest absolute Gasteiger partial charge is 0.369 e. The van der Waals surface area contributed by atoms with Crippen LogP contribution in [0.4, 0.5) is 0 Å². The monoisotopic (exact) mass is 262 g/mol. The van der Waals surface area contributed by atoms with Crippen LogP contribution >= 0.6 is 0 Å². The summed E-state index contributed by atoms with van der Waals surface area (Å²) in [4.78, 5) is 13.9. The van der Waals surface area contributed by atoms with E-state index >= 15 is 0 Å². The summed E-state index contributed by atoms with van der Waals surface area (Å²) in [7, 11) is 0. The third-order valence-corrected chi connectivity index (χ3v) is 3.61. The number of aliphatic imine (C=N–C) groups is 3. The standard InChI is InChI=1S/C13H22N6/c1-7-4-14-11(17-7)10(12-15-5-8(2)18-12)13-16-6-9(3)19-13/h7-10H,4-6H2,1-3H3,(H,14,17)(H,15,18)(H,16,19)/t7-,8-,9-/m1/s1. The molecule has 6 heteroatoms. The molecule has 0 saturated carbocycles. The molecule has 3 N–H and O–H groups in total. The van der Waals surface area contributed by atoms with Gasteiger partial charge in [0, 0.05) is 18.1 Å². The second-order valence-electron chi connectivity index (χ2n) is 5.75. The minimum Gasteiger partial charge on any atom is -0.369 e. The Morgan fingerprint density at radius 2 is 1.05 bits per heavy atom. The molecule has 19 heavy (non-hydrogen) atoms. The highest BCUT2D eigenvalue weighted by atomic mass is 15.2. The molecule has 0 unspecified atom stereocenters. The maximum absolute atomic E-state index is 4.62. The van der Waals surface area contributed by atoms with Crippen molar-refractivity contribution in [2.75, 3.05) is 19.6 Å². The molecular formula is C13H22N6. The lowest BCUT2D eigenvalue weighted by molar-refractivity contribution is 0.706. The molecule has 3 atom stereocenters. The molecule has 0 spiro atoms. The summed E-state index contributed by atoms with van der Waals surface area (Å²) < 4.78 is 0. The van der Waals surface area contributed by atoms with Gasteiger partial charge >= 0.3 is 0 Å². The summed E-state index contributed by atoms with van der Waals surface area (Å²) in [6, 6.07) is 1.20. The number of rotatable bonds is 3. The number of nitrogens with zero attached hydrogens (tertiary/aromatic N) is 3. The molecule has 0 bridgehead atoms. The molecule has 0 aromatic heterocycles. The maximum Gasteiger partial charge on any atom is 0.130 e. The van der Waals surface area contributed by atoms with E-state index in [9.17, 15) is 0 Å². The predicted molar refractivity (Wildman–Crippen MR) is 78.2 cm³/mol. The van der Waals surface area contributed by atoms with E-state index < -0.39 is 0 Å². The second kappa shape index (κ2) is 4.83. The molecule has 104 valence electrons. The molecule has 6 nitrogen and oxygen atoms in total. The molecular weight excluding hydrogens is 240 g/mol. The van der Waals surface area contributed by atoms with Gasteiger partial charge in [0.2, 0.25) is 0 Å². The van der Waals surface area contributed by atoms with Gasteiger partial charge in [-0.15, -0.1) is 0 Å². The lowest BCUT2D eigenvalue weighted by Gasteiger charge is -2.21. The number of nitrogens with one attached hydrogen (secondary N) is 3. The van der Waals surface area contributed by atoms with Crippen molar-refractivity contribution in [1.82, 2.24) is 16.0 Å². The topological polar surface area (TPSA) is 73.2 Å². The Bertz CT molecular complexity index is 385. The Morgan fingerprint density at radius 3 is 1.26 bits per heavy atom. The summed E-state index contributed by atoms with van der Waals surface area (Å²) in [5.41, 5.74) is 0. The number of hydrogen-bond donors (Lipinski definition) is 3. The van der Waals surface area contributed by atoms with Crippen molar-refractivity contribution in [2.45, 2.75) is 38.9 Å². The van der Waals surface area contributed by atoms with Crippen molar-refractivity contribution in [1.29, 1.82) is 0 Å². The smallest absolute Gasteiger partial charge is 0.130 e. The Balaban J connectivity index is 1.84. The van der Waals surface area contributed by atoms with E-state index in [1.807, 2.05) is 0 Å². The molecule has 3 heterocycles. The van der Waals surface area contributed by atoms with Crippen molar-refractivity contribution in [2.24, 2.45) is 20.9 Å². The SMILES string of the molecule is C[C@@H]1CN=C(C(C2=NC[C@@H](C)N2)C2=NC[C@@H](C)N2)N1. The molecule has 0 aromatic rings. The van der Waals surface area contributed by atoms with Gasteiger partial charge in [-0.25, -0.2) is 0 Å². The van der Waals surface area contributed by atoms with Crippen LogP contribution in [0.3, 0.4) is 0 Å². The van der Waals surface area contributed by atoms with E-state index in [1.54, 1.807) is 0 Å². The Labute approximate surface area is 113 Å². The average Bonchev–Trinajstić information content (AvgIpc) is 3.05. The summed E-state index contributed by atoms with van der Waals surface area (Å²) in [5, 5.41) is 10.3. The third-order valence-electron chi connectivity index (χ3n) is 3.61.